The lowest BCUT2D eigenvalue weighted by Crippen LogP contribution is -2.25. The number of unbranched alkanes of at least 4 members (excludes halogenated alkanes) is 2. The second kappa shape index (κ2) is 6.88. The Bertz CT molecular complexity index is 507. The summed E-state index contributed by atoms with van der Waals surface area (Å²) in [5.41, 5.74) is 1.10. The molecule has 0 fully saturated rings. The predicted octanol–water partition coefficient (Wildman–Crippen LogP) is 2.51. The van der Waals surface area contributed by atoms with E-state index in [1.807, 2.05) is 0 Å². The van der Waals surface area contributed by atoms with Crippen molar-refractivity contribution in [2.45, 2.75) is 58.3 Å². The highest BCUT2D eigenvalue weighted by molar-refractivity contribution is 7.17. The Hall–Kier alpha value is -1.36. The molecule has 0 aliphatic heterocycles. The van der Waals surface area contributed by atoms with Crippen LogP contribution in [0, 0.1) is 0 Å². The fourth-order valence-electron chi connectivity index (χ4n) is 2.59. The van der Waals surface area contributed by atoms with E-state index < -0.39 is 5.97 Å². The second-order valence-corrected chi connectivity index (χ2v) is 6.31. The standard InChI is InChI=1S/C15H21NO3S/c1-2-3-4-9-12(17)16-14-13(15(18)19)10-7-5-6-8-11(10)20-14/h2-9H2,1H3,(H,16,17)(H,18,19)/p-1. The first-order chi connectivity index (χ1) is 9.63. The molecule has 1 aliphatic carbocycles. The summed E-state index contributed by atoms with van der Waals surface area (Å²) in [5, 5.41) is 14.6. The van der Waals surface area contributed by atoms with Gasteiger partial charge in [0.1, 0.15) is 5.00 Å². The summed E-state index contributed by atoms with van der Waals surface area (Å²) in [6.07, 6.45) is 7.15. The number of hydrogen-bond acceptors (Lipinski definition) is 4. The predicted molar refractivity (Wildman–Crippen MR) is 78.1 cm³/mol. The molecular weight excluding hydrogens is 274 g/mol. The third-order valence-electron chi connectivity index (χ3n) is 3.64. The summed E-state index contributed by atoms with van der Waals surface area (Å²) in [6.45, 7) is 2.08. The first kappa shape index (κ1) is 15.0. The number of anilines is 1. The smallest absolute Gasteiger partial charge is 0.224 e. The fraction of sp³-hybridized carbons (Fsp3) is 0.600. The van der Waals surface area contributed by atoms with Crippen molar-refractivity contribution in [1.29, 1.82) is 0 Å². The number of nitrogens with one attached hydrogen (secondary N) is 1. The van der Waals surface area contributed by atoms with Crippen LogP contribution in [0.5, 0.6) is 0 Å². The summed E-state index contributed by atoms with van der Waals surface area (Å²) < 4.78 is 0. The largest absolute Gasteiger partial charge is 0.545 e. The molecule has 0 spiro atoms. The van der Waals surface area contributed by atoms with E-state index in [0.717, 1.165) is 55.4 Å². The van der Waals surface area contributed by atoms with E-state index in [9.17, 15) is 14.7 Å². The number of carbonyl (C=O) groups excluding carboxylic acids is 2. The summed E-state index contributed by atoms with van der Waals surface area (Å²) in [5.74, 6) is -1.27. The number of amides is 1. The Morgan fingerprint density at radius 2 is 2.00 bits per heavy atom. The Labute approximate surface area is 123 Å². The molecule has 1 heterocycles. The van der Waals surface area contributed by atoms with Crippen molar-refractivity contribution >= 4 is 28.2 Å². The Morgan fingerprint density at radius 1 is 1.25 bits per heavy atom. The Balaban J connectivity index is 2.12. The van der Waals surface area contributed by atoms with Crippen molar-refractivity contribution in [2.24, 2.45) is 0 Å². The molecule has 1 aromatic heterocycles. The molecule has 0 saturated heterocycles. The van der Waals surface area contributed by atoms with Crippen molar-refractivity contribution in [3.63, 3.8) is 0 Å². The number of thiophene rings is 1. The molecule has 110 valence electrons. The quantitative estimate of drug-likeness (QED) is 0.820. The molecule has 5 heteroatoms. The van der Waals surface area contributed by atoms with E-state index >= 15 is 0 Å². The van der Waals surface area contributed by atoms with E-state index in [1.165, 1.54) is 11.3 Å². The van der Waals surface area contributed by atoms with Gasteiger partial charge in [0.25, 0.3) is 0 Å². The summed E-state index contributed by atoms with van der Waals surface area (Å²) >= 11 is 1.41. The van der Waals surface area contributed by atoms with E-state index in [0.29, 0.717) is 11.4 Å². The van der Waals surface area contributed by atoms with Gasteiger partial charge in [-0.25, -0.2) is 0 Å². The van der Waals surface area contributed by atoms with Crippen molar-refractivity contribution in [3.8, 4) is 0 Å². The molecule has 0 radical (unpaired) electrons. The van der Waals surface area contributed by atoms with Crippen LogP contribution in [0.3, 0.4) is 0 Å². The Morgan fingerprint density at radius 3 is 2.70 bits per heavy atom. The van der Waals surface area contributed by atoms with Gasteiger partial charge in [-0.15, -0.1) is 11.3 Å². The fourth-order valence-corrected chi connectivity index (χ4v) is 3.89. The van der Waals surface area contributed by atoms with Crippen LogP contribution in [0.25, 0.3) is 0 Å². The molecule has 0 saturated carbocycles. The van der Waals surface area contributed by atoms with Gasteiger partial charge in [0, 0.05) is 16.9 Å². The van der Waals surface area contributed by atoms with Crippen molar-refractivity contribution in [2.75, 3.05) is 5.32 Å². The van der Waals surface area contributed by atoms with Gasteiger partial charge in [-0.3, -0.25) is 4.79 Å². The minimum atomic E-state index is -1.17. The van der Waals surface area contributed by atoms with E-state index in [4.69, 9.17) is 0 Å². The number of carboxylic acids is 1. The number of carbonyl (C=O) groups is 2. The van der Waals surface area contributed by atoms with Gasteiger partial charge in [-0.2, -0.15) is 0 Å². The van der Waals surface area contributed by atoms with E-state index in [1.54, 1.807) is 0 Å². The summed E-state index contributed by atoms with van der Waals surface area (Å²) in [7, 11) is 0. The van der Waals surface area contributed by atoms with Crippen molar-refractivity contribution in [1.82, 2.24) is 0 Å². The lowest BCUT2D eigenvalue weighted by Gasteiger charge is -2.13. The zero-order valence-electron chi connectivity index (χ0n) is 11.8. The highest BCUT2D eigenvalue weighted by Crippen LogP contribution is 2.37. The normalized spacial score (nSPS) is 13.8. The molecule has 0 bridgehead atoms. The molecule has 0 aromatic carbocycles. The molecular formula is C15H20NO3S-. The molecule has 1 N–H and O–H groups in total. The highest BCUT2D eigenvalue weighted by atomic mass is 32.1. The minimum absolute atomic E-state index is 0.0976. The van der Waals surface area contributed by atoms with Crippen LogP contribution < -0.4 is 10.4 Å². The number of rotatable bonds is 6. The van der Waals surface area contributed by atoms with Gasteiger partial charge in [0.2, 0.25) is 5.91 Å². The first-order valence-electron chi connectivity index (χ1n) is 7.29. The zero-order valence-corrected chi connectivity index (χ0v) is 12.6. The topological polar surface area (TPSA) is 69.2 Å². The van der Waals surface area contributed by atoms with Crippen LogP contribution in [-0.4, -0.2) is 11.9 Å². The van der Waals surface area contributed by atoms with Gasteiger partial charge in [-0.1, -0.05) is 19.8 Å². The Kier molecular flexibility index (Phi) is 5.17. The monoisotopic (exact) mass is 294 g/mol. The molecule has 1 aliphatic rings. The number of aryl methyl sites for hydroxylation is 1. The lowest BCUT2D eigenvalue weighted by molar-refractivity contribution is -0.254. The molecule has 0 unspecified atom stereocenters. The third kappa shape index (κ3) is 3.39. The van der Waals surface area contributed by atoms with E-state index in [-0.39, 0.29) is 11.5 Å². The van der Waals surface area contributed by atoms with Crippen molar-refractivity contribution < 1.29 is 14.7 Å². The van der Waals surface area contributed by atoms with Crippen molar-refractivity contribution in [3.05, 3.63) is 16.0 Å². The highest BCUT2D eigenvalue weighted by Gasteiger charge is 2.22. The molecule has 2 rings (SSSR count). The van der Waals surface area contributed by atoms with Gasteiger partial charge in [0.15, 0.2) is 0 Å². The van der Waals surface area contributed by atoms with Crippen LogP contribution in [0.2, 0.25) is 0 Å². The lowest BCUT2D eigenvalue weighted by atomic mass is 9.95. The maximum Gasteiger partial charge on any atom is 0.224 e. The average molecular weight is 294 g/mol. The molecule has 20 heavy (non-hydrogen) atoms. The van der Waals surface area contributed by atoms with Crippen LogP contribution >= 0.6 is 11.3 Å². The number of aromatic carboxylic acids is 1. The van der Waals surface area contributed by atoms with Gasteiger partial charge in [-0.05, 0) is 37.7 Å². The van der Waals surface area contributed by atoms with Gasteiger partial charge >= 0.3 is 0 Å². The van der Waals surface area contributed by atoms with Crippen LogP contribution in [0.4, 0.5) is 5.00 Å². The number of hydrogen-bond donors (Lipinski definition) is 1. The number of fused-ring (bicyclic) bond motifs is 1. The zero-order chi connectivity index (χ0) is 14.5. The molecule has 0 atom stereocenters. The van der Waals surface area contributed by atoms with E-state index in [2.05, 4.69) is 12.2 Å². The molecule has 1 aromatic rings. The van der Waals surface area contributed by atoms with Crippen LogP contribution in [0.15, 0.2) is 0 Å². The van der Waals surface area contributed by atoms with Crippen LogP contribution in [0.1, 0.15) is 66.2 Å². The SMILES string of the molecule is CCCCCC(=O)Nc1sc2c(c1C(=O)[O-])CCCC2. The molecule has 1 amide bonds. The maximum atomic E-state index is 11.9. The van der Waals surface area contributed by atoms with Gasteiger partial charge < -0.3 is 15.2 Å². The summed E-state index contributed by atoms with van der Waals surface area (Å²) in [4.78, 5) is 24.3. The maximum absolute atomic E-state index is 11.9. The minimum Gasteiger partial charge on any atom is -0.545 e. The molecule has 4 nitrogen and oxygen atoms in total. The number of carboxylic acid groups (broad SMARTS) is 1. The third-order valence-corrected chi connectivity index (χ3v) is 4.84. The van der Waals surface area contributed by atoms with Gasteiger partial charge in [0.05, 0.1) is 5.97 Å². The first-order valence-corrected chi connectivity index (χ1v) is 8.10. The second-order valence-electron chi connectivity index (χ2n) is 5.21. The summed E-state index contributed by atoms with van der Waals surface area (Å²) in [6, 6.07) is 0. The average Bonchev–Trinajstić information content (AvgIpc) is 2.76. The van der Waals surface area contributed by atoms with Crippen LogP contribution in [-0.2, 0) is 17.6 Å².